The molecule has 0 amide bonds. The number of ether oxygens (including phenoxy) is 2. The summed E-state index contributed by atoms with van der Waals surface area (Å²) < 4.78 is 45.7. The van der Waals surface area contributed by atoms with Crippen LogP contribution in [-0.4, -0.2) is 25.4 Å². The maximum atomic E-state index is 12.2. The van der Waals surface area contributed by atoms with Crippen molar-refractivity contribution >= 4 is 5.78 Å². The third kappa shape index (κ3) is 3.96. The van der Waals surface area contributed by atoms with Crippen LogP contribution in [0.3, 0.4) is 0 Å². The molecular formula is C13H13F3O3. The number of hydrogen-bond acceptors (Lipinski definition) is 3. The molecule has 1 aromatic carbocycles. The normalized spacial score (nSPS) is 19.4. The van der Waals surface area contributed by atoms with Gasteiger partial charge in [-0.25, -0.2) is 0 Å². The highest BCUT2D eigenvalue weighted by atomic mass is 19.4. The monoisotopic (exact) mass is 274 g/mol. The second-order valence-corrected chi connectivity index (χ2v) is 4.40. The molecule has 1 unspecified atom stereocenters. The van der Waals surface area contributed by atoms with Gasteiger partial charge in [-0.05, 0) is 24.5 Å². The van der Waals surface area contributed by atoms with E-state index in [-0.39, 0.29) is 23.7 Å². The molecule has 1 heterocycles. The number of ketones is 1. The predicted octanol–water partition coefficient (Wildman–Crippen LogP) is 3.19. The molecule has 1 fully saturated rings. The molecule has 0 saturated carbocycles. The smallest absolute Gasteiger partial charge is 0.405 e. The van der Waals surface area contributed by atoms with Crippen LogP contribution < -0.4 is 4.74 Å². The van der Waals surface area contributed by atoms with Crippen LogP contribution >= 0.6 is 0 Å². The summed E-state index contributed by atoms with van der Waals surface area (Å²) in [6, 6.07) is 5.41. The number of carbonyl (C=O) groups is 1. The molecule has 0 N–H and O–H groups in total. The van der Waals surface area contributed by atoms with Gasteiger partial charge in [0.2, 0.25) is 0 Å². The third-order valence-corrected chi connectivity index (χ3v) is 2.91. The highest BCUT2D eigenvalue weighted by Gasteiger charge is 2.33. The molecule has 0 spiro atoms. The van der Waals surface area contributed by atoms with E-state index in [1.807, 2.05) is 0 Å². The molecule has 2 rings (SSSR count). The molecule has 1 saturated heterocycles. The van der Waals surface area contributed by atoms with Gasteiger partial charge in [0.15, 0.2) is 5.78 Å². The highest BCUT2D eigenvalue weighted by molar-refractivity contribution is 5.98. The van der Waals surface area contributed by atoms with Crippen LogP contribution in [-0.2, 0) is 4.74 Å². The first-order valence-electron chi connectivity index (χ1n) is 5.91. The summed E-state index contributed by atoms with van der Waals surface area (Å²) in [6.07, 6.45) is -3.86. The van der Waals surface area contributed by atoms with Gasteiger partial charge in [0.25, 0.3) is 0 Å². The van der Waals surface area contributed by atoms with Crippen molar-refractivity contribution in [1.82, 2.24) is 0 Å². The fraction of sp³-hybridized carbons (Fsp3) is 0.462. The Morgan fingerprint density at radius 3 is 2.74 bits per heavy atom. The zero-order valence-corrected chi connectivity index (χ0v) is 10.1. The van der Waals surface area contributed by atoms with Gasteiger partial charge in [-0.2, -0.15) is 0 Å². The zero-order chi connectivity index (χ0) is 13.9. The molecule has 19 heavy (non-hydrogen) atoms. The lowest BCUT2D eigenvalue weighted by molar-refractivity contribution is -0.274. The second-order valence-electron chi connectivity index (χ2n) is 4.40. The molecule has 0 bridgehead atoms. The molecule has 1 aliphatic heterocycles. The quantitative estimate of drug-likeness (QED) is 0.791. The third-order valence-electron chi connectivity index (χ3n) is 2.91. The average molecular weight is 274 g/mol. The van der Waals surface area contributed by atoms with E-state index in [4.69, 9.17) is 4.74 Å². The van der Waals surface area contributed by atoms with E-state index in [1.165, 1.54) is 18.2 Å². The fourth-order valence-electron chi connectivity index (χ4n) is 2.03. The number of alkyl halides is 3. The molecule has 0 radical (unpaired) electrons. The lowest BCUT2D eigenvalue weighted by Gasteiger charge is -2.13. The Bertz CT molecular complexity index is 451. The van der Waals surface area contributed by atoms with E-state index in [9.17, 15) is 18.0 Å². The number of para-hydroxylation sites is 1. The van der Waals surface area contributed by atoms with Gasteiger partial charge in [0, 0.05) is 19.6 Å². The van der Waals surface area contributed by atoms with Crippen molar-refractivity contribution in [3.8, 4) is 5.75 Å². The first-order chi connectivity index (χ1) is 8.96. The van der Waals surface area contributed by atoms with Crippen molar-refractivity contribution in [2.75, 3.05) is 13.2 Å². The van der Waals surface area contributed by atoms with Crippen molar-refractivity contribution < 1.29 is 27.4 Å². The number of Topliss-reactive ketones (excluding diaryl/α,β-unsaturated/α-hetero) is 1. The van der Waals surface area contributed by atoms with Crippen LogP contribution in [0.5, 0.6) is 5.75 Å². The van der Waals surface area contributed by atoms with E-state index in [0.717, 1.165) is 12.5 Å². The van der Waals surface area contributed by atoms with Crippen LogP contribution in [0, 0.1) is 5.92 Å². The van der Waals surface area contributed by atoms with E-state index >= 15 is 0 Å². The highest BCUT2D eigenvalue weighted by Crippen LogP contribution is 2.28. The largest absolute Gasteiger partial charge is 0.573 e. The Morgan fingerprint density at radius 1 is 1.37 bits per heavy atom. The summed E-state index contributed by atoms with van der Waals surface area (Å²) in [7, 11) is 0. The van der Waals surface area contributed by atoms with Gasteiger partial charge in [-0.3, -0.25) is 4.79 Å². The van der Waals surface area contributed by atoms with Crippen LogP contribution in [0.4, 0.5) is 13.2 Å². The van der Waals surface area contributed by atoms with Crippen LogP contribution in [0.1, 0.15) is 23.2 Å². The van der Waals surface area contributed by atoms with Gasteiger partial charge in [0.1, 0.15) is 5.75 Å². The minimum Gasteiger partial charge on any atom is -0.405 e. The fourth-order valence-corrected chi connectivity index (χ4v) is 2.03. The number of hydrogen-bond donors (Lipinski definition) is 0. The molecule has 0 aromatic heterocycles. The lowest BCUT2D eigenvalue weighted by atomic mass is 9.97. The summed E-state index contributed by atoms with van der Waals surface area (Å²) in [4.78, 5) is 12.0. The zero-order valence-electron chi connectivity index (χ0n) is 10.1. The van der Waals surface area contributed by atoms with Gasteiger partial charge in [-0.15, -0.1) is 13.2 Å². The minimum absolute atomic E-state index is 0.0354. The van der Waals surface area contributed by atoms with E-state index < -0.39 is 12.1 Å². The summed E-state index contributed by atoms with van der Waals surface area (Å²) in [5.41, 5.74) is -0.0354. The molecule has 104 valence electrons. The first-order valence-corrected chi connectivity index (χ1v) is 5.91. The Hall–Kier alpha value is -1.56. The van der Waals surface area contributed by atoms with Crippen molar-refractivity contribution in [2.24, 2.45) is 5.92 Å². The van der Waals surface area contributed by atoms with Crippen molar-refractivity contribution in [2.45, 2.75) is 19.2 Å². The number of rotatable bonds is 4. The molecular weight excluding hydrogens is 261 g/mol. The van der Waals surface area contributed by atoms with Crippen LogP contribution in [0.2, 0.25) is 0 Å². The summed E-state index contributed by atoms with van der Waals surface area (Å²) >= 11 is 0. The summed E-state index contributed by atoms with van der Waals surface area (Å²) in [6.45, 7) is 1.08. The second kappa shape index (κ2) is 5.61. The Morgan fingerprint density at radius 2 is 2.11 bits per heavy atom. The molecule has 6 heteroatoms. The summed E-state index contributed by atoms with van der Waals surface area (Å²) in [5, 5.41) is 0. The Balaban J connectivity index is 2.11. The predicted molar refractivity (Wildman–Crippen MR) is 61.0 cm³/mol. The summed E-state index contributed by atoms with van der Waals surface area (Å²) in [5.74, 6) is -0.722. The van der Waals surface area contributed by atoms with E-state index in [1.54, 1.807) is 0 Å². The molecule has 3 nitrogen and oxygen atoms in total. The van der Waals surface area contributed by atoms with Crippen molar-refractivity contribution in [3.63, 3.8) is 0 Å². The maximum Gasteiger partial charge on any atom is 0.573 e. The standard InChI is InChI=1S/C13H13F3O3/c14-13(15,16)19-12-4-2-1-3-10(12)11(17)7-9-5-6-18-8-9/h1-4,9H,5-8H2. The van der Waals surface area contributed by atoms with Gasteiger partial charge >= 0.3 is 6.36 Å². The molecule has 1 aromatic rings. The lowest BCUT2D eigenvalue weighted by Crippen LogP contribution is -2.19. The number of carbonyl (C=O) groups excluding carboxylic acids is 1. The van der Waals surface area contributed by atoms with Crippen LogP contribution in [0.25, 0.3) is 0 Å². The Labute approximate surface area is 108 Å². The van der Waals surface area contributed by atoms with Crippen molar-refractivity contribution in [3.05, 3.63) is 29.8 Å². The van der Waals surface area contributed by atoms with Crippen molar-refractivity contribution in [1.29, 1.82) is 0 Å². The Kier molecular flexibility index (Phi) is 4.09. The van der Waals surface area contributed by atoms with Gasteiger partial charge < -0.3 is 9.47 Å². The average Bonchev–Trinajstić information content (AvgIpc) is 2.80. The molecule has 0 aliphatic carbocycles. The number of halogens is 3. The molecule has 1 aliphatic rings. The van der Waals surface area contributed by atoms with Crippen LogP contribution in [0.15, 0.2) is 24.3 Å². The topological polar surface area (TPSA) is 35.5 Å². The number of benzene rings is 1. The van der Waals surface area contributed by atoms with E-state index in [2.05, 4.69) is 4.74 Å². The van der Waals surface area contributed by atoms with Gasteiger partial charge in [-0.1, -0.05) is 12.1 Å². The van der Waals surface area contributed by atoms with E-state index in [0.29, 0.717) is 13.2 Å². The SMILES string of the molecule is O=C(CC1CCOC1)c1ccccc1OC(F)(F)F. The first kappa shape index (κ1) is 13.9. The van der Waals surface area contributed by atoms with Gasteiger partial charge in [0.05, 0.1) is 5.56 Å². The molecule has 1 atom stereocenters. The maximum absolute atomic E-state index is 12.2. The minimum atomic E-state index is -4.80.